The third-order valence-electron chi connectivity index (χ3n) is 3.87. The smallest absolute Gasteiger partial charge is 0.225 e. The summed E-state index contributed by atoms with van der Waals surface area (Å²) < 4.78 is 5.32. The van der Waals surface area contributed by atoms with Crippen molar-refractivity contribution < 1.29 is 9.53 Å². The highest BCUT2D eigenvalue weighted by Gasteiger charge is 2.31. The molecule has 3 unspecified atom stereocenters. The third kappa shape index (κ3) is 2.55. The Morgan fingerprint density at radius 2 is 2.19 bits per heavy atom. The van der Waals surface area contributed by atoms with Gasteiger partial charge in [-0.15, -0.1) is 0 Å². The van der Waals surface area contributed by atoms with Crippen molar-refractivity contribution in [3.63, 3.8) is 0 Å². The van der Waals surface area contributed by atoms with Gasteiger partial charge in [-0.1, -0.05) is 6.42 Å². The van der Waals surface area contributed by atoms with Gasteiger partial charge in [0.1, 0.15) is 0 Å². The molecule has 2 aliphatic rings. The molecule has 1 aliphatic carbocycles. The molecule has 2 rings (SSSR count). The van der Waals surface area contributed by atoms with E-state index in [1.807, 2.05) is 11.9 Å². The molecular weight excluding hydrogens is 204 g/mol. The van der Waals surface area contributed by atoms with E-state index < -0.39 is 0 Å². The van der Waals surface area contributed by atoms with Crippen LogP contribution in [-0.2, 0) is 9.53 Å². The SMILES string of the molecule is CN(C(=O)C1CCCC(N)C1)C1CCOC1. The van der Waals surface area contributed by atoms with Gasteiger partial charge in [0, 0.05) is 25.6 Å². The summed E-state index contributed by atoms with van der Waals surface area (Å²) in [6, 6.07) is 0.501. The molecule has 4 nitrogen and oxygen atoms in total. The summed E-state index contributed by atoms with van der Waals surface area (Å²) in [6.45, 7) is 1.48. The summed E-state index contributed by atoms with van der Waals surface area (Å²) in [7, 11) is 1.90. The van der Waals surface area contributed by atoms with E-state index in [1.54, 1.807) is 0 Å². The average molecular weight is 226 g/mol. The van der Waals surface area contributed by atoms with Crippen LogP contribution >= 0.6 is 0 Å². The lowest BCUT2D eigenvalue weighted by atomic mass is 9.85. The van der Waals surface area contributed by atoms with Gasteiger partial charge in [0.15, 0.2) is 0 Å². The minimum atomic E-state index is 0.148. The van der Waals surface area contributed by atoms with E-state index in [1.165, 1.54) is 0 Å². The second-order valence-corrected chi connectivity index (χ2v) is 5.09. The van der Waals surface area contributed by atoms with E-state index in [-0.39, 0.29) is 23.9 Å². The predicted octanol–water partition coefficient (Wildman–Crippen LogP) is 0.751. The summed E-state index contributed by atoms with van der Waals surface area (Å²) >= 11 is 0. The molecule has 0 radical (unpaired) electrons. The number of ether oxygens (including phenoxy) is 1. The van der Waals surface area contributed by atoms with E-state index in [0.29, 0.717) is 6.61 Å². The molecule has 16 heavy (non-hydrogen) atoms. The first kappa shape index (κ1) is 11.9. The van der Waals surface area contributed by atoms with Crippen LogP contribution in [0.1, 0.15) is 32.1 Å². The Morgan fingerprint density at radius 3 is 2.81 bits per heavy atom. The van der Waals surface area contributed by atoms with Crippen molar-refractivity contribution in [3.05, 3.63) is 0 Å². The van der Waals surface area contributed by atoms with Crippen molar-refractivity contribution in [2.75, 3.05) is 20.3 Å². The number of nitrogens with two attached hydrogens (primary N) is 1. The van der Waals surface area contributed by atoms with Crippen LogP contribution in [-0.4, -0.2) is 43.2 Å². The van der Waals surface area contributed by atoms with Crippen molar-refractivity contribution in [1.29, 1.82) is 0 Å². The lowest BCUT2D eigenvalue weighted by Crippen LogP contribution is -2.43. The molecule has 0 spiro atoms. The molecule has 0 aromatic carbocycles. The molecule has 1 saturated carbocycles. The summed E-state index contributed by atoms with van der Waals surface area (Å²) in [6.07, 6.45) is 4.99. The Bertz CT molecular complexity index is 247. The molecule has 1 heterocycles. The average Bonchev–Trinajstić information content (AvgIpc) is 2.80. The first-order valence-electron chi connectivity index (χ1n) is 6.28. The molecule has 0 bridgehead atoms. The Balaban J connectivity index is 1.89. The second-order valence-electron chi connectivity index (χ2n) is 5.09. The van der Waals surface area contributed by atoms with Crippen LogP contribution in [0.5, 0.6) is 0 Å². The number of carbonyl (C=O) groups is 1. The maximum atomic E-state index is 12.2. The van der Waals surface area contributed by atoms with E-state index >= 15 is 0 Å². The lowest BCUT2D eigenvalue weighted by Gasteiger charge is -2.31. The number of likely N-dealkylation sites (N-methyl/N-ethyl adjacent to an activating group) is 1. The molecule has 4 heteroatoms. The van der Waals surface area contributed by atoms with Gasteiger partial charge in [0.25, 0.3) is 0 Å². The summed E-state index contributed by atoms with van der Waals surface area (Å²) in [5, 5.41) is 0. The molecule has 1 amide bonds. The molecule has 92 valence electrons. The molecule has 0 aromatic heterocycles. The van der Waals surface area contributed by atoms with Gasteiger partial charge in [-0.3, -0.25) is 4.79 Å². The minimum absolute atomic E-state index is 0.148. The van der Waals surface area contributed by atoms with E-state index in [0.717, 1.165) is 38.7 Å². The van der Waals surface area contributed by atoms with Gasteiger partial charge >= 0.3 is 0 Å². The van der Waals surface area contributed by atoms with Gasteiger partial charge in [0.2, 0.25) is 5.91 Å². The molecule has 3 atom stereocenters. The number of hydrogen-bond donors (Lipinski definition) is 1. The van der Waals surface area contributed by atoms with Crippen LogP contribution in [0, 0.1) is 5.92 Å². The zero-order valence-electron chi connectivity index (χ0n) is 10.0. The predicted molar refractivity (Wildman–Crippen MR) is 61.9 cm³/mol. The van der Waals surface area contributed by atoms with E-state index in [2.05, 4.69) is 0 Å². The Labute approximate surface area is 97.1 Å². The highest BCUT2D eigenvalue weighted by Crippen LogP contribution is 2.26. The number of carbonyl (C=O) groups excluding carboxylic acids is 1. The van der Waals surface area contributed by atoms with Crippen LogP contribution in [0.2, 0.25) is 0 Å². The molecular formula is C12H22N2O2. The maximum Gasteiger partial charge on any atom is 0.225 e. The number of nitrogens with zero attached hydrogens (tertiary/aromatic N) is 1. The lowest BCUT2D eigenvalue weighted by molar-refractivity contribution is -0.137. The fourth-order valence-corrected chi connectivity index (χ4v) is 2.75. The first-order valence-corrected chi connectivity index (χ1v) is 6.28. The largest absolute Gasteiger partial charge is 0.379 e. The molecule has 2 fully saturated rings. The van der Waals surface area contributed by atoms with Gasteiger partial charge in [-0.05, 0) is 25.7 Å². The third-order valence-corrected chi connectivity index (χ3v) is 3.87. The molecule has 0 aromatic rings. The monoisotopic (exact) mass is 226 g/mol. The topological polar surface area (TPSA) is 55.6 Å². The maximum absolute atomic E-state index is 12.2. The molecule has 1 saturated heterocycles. The van der Waals surface area contributed by atoms with E-state index in [4.69, 9.17) is 10.5 Å². The zero-order valence-corrected chi connectivity index (χ0v) is 10.0. The van der Waals surface area contributed by atoms with Crippen molar-refractivity contribution in [3.8, 4) is 0 Å². The standard InChI is InChI=1S/C12H22N2O2/c1-14(11-5-6-16-8-11)12(15)9-3-2-4-10(13)7-9/h9-11H,2-8,13H2,1H3. The van der Waals surface area contributed by atoms with Gasteiger partial charge in [-0.2, -0.15) is 0 Å². The van der Waals surface area contributed by atoms with Crippen LogP contribution in [0.3, 0.4) is 0 Å². The zero-order chi connectivity index (χ0) is 11.5. The van der Waals surface area contributed by atoms with Crippen molar-refractivity contribution in [1.82, 2.24) is 4.90 Å². The van der Waals surface area contributed by atoms with E-state index in [9.17, 15) is 4.79 Å². The first-order chi connectivity index (χ1) is 7.68. The summed E-state index contributed by atoms with van der Waals surface area (Å²) in [4.78, 5) is 14.1. The second kappa shape index (κ2) is 5.15. The van der Waals surface area contributed by atoms with Crippen molar-refractivity contribution in [2.24, 2.45) is 11.7 Å². The summed E-state index contributed by atoms with van der Waals surface area (Å²) in [5.41, 5.74) is 5.92. The van der Waals surface area contributed by atoms with Crippen LogP contribution in [0.15, 0.2) is 0 Å². The number of rotatable bonds is 2. The quantitative estimate of drug-likeness (QED) is 0.756. The molecule has 2 N–H and O–H groups in total. The van der Waals surface area contributed by atoms with Gasteiger partial charge in [-0.25, -0.2) is 0 Å². The Hall–Kier alpha value is -0.610. The van der Waals surface area contributed by atoms with Gasteiger partial charge < -0.3 is 15.4 Å². The highest BCUT2D eigenvalue weighted by molar-refractivity contribution is 5.79. The Morgan fingerprint density at radius 1 is 1.38 bits per heavy atom. The highest BCUT2D eigenvalue weighted by atomic mass is 16.5. The fraction of sp³-hybridized carbons (Fsp3) is 0.917. The normalized spacial score (nSPS) is 35.0. The summed E-state index contributed by atoms with van der Waals surface area (Å²) in [5.74, 6) is 0.417. The number of amides is 1. The van der Waals surface area contributed by atoms with Crippen LogP contribution in [0.4, 0.5) is 0 Å². The van der Waals surface area contributed by atoms with Gasteiger partial charge in [0.05, 0.1) is 12.6 Å². The Kier molecular flexibility index (Phi) is 3.82. The van der Waals surface area contributed by atoms with Crippen LogP contribution < -0.4 is 5.73 Å². The number of hydrogen-bond acceptors (Lipinski definition) is 3. The molecule has 1 aliphatic heterocycles. The fourth-order valence-electron chi connectivity index (χ4n) is 2.75. The minimum Gasteiger partial charge on any atom is -0.379 e. The van der Waals surface area contributed by atoms with Crippen LogP contribution in [0.25, 0.3) is 0 Å². The van der Waals surface area contributed by atoms with Crippen molar-refractivity contribution >= 4 is 5.91 Å². The van der Waals surface area contributed by atoms with Crippen molar-refractivity contribution in [2.45, 2.75) is 44.2 Å².